The average molecular weight is 379 g/mol. The zero-order valence-corrected chi connectivity index (χ0v) is 16.5. The molecule has 4 heteroatoms. The van der Waals surface area contributed by atoms with Gasteiger partial charge in [-0.2, -0.15) is 0 Å². The number of phenols is 1. The van der Waals surface area contributed by atoms with E-state index in [2.05, 4.69) is 61.0 Å². The minimum atomic E-state index is -0.480. The lowest BCUT2D eigenvalue weighted by Gasteiger charge is -2.45. The lowest BCUT2D eigenvalue weighted by atomic mass is 9.75. The van der Waals surface area contributed by atoms with Crippen molar-refractivity contribution in [3.8, 4) is 5.75 Å². The van der Waals surface area contributed by atoms with Crippen molar-refractivity contribution in [1.29, 1.82) is 0 Å². The van der Waals surface area contributed by atoms with E-state index in [0.717, 1.165) is 16.3 Å². The van der Waals surface area contributed by atoms with Crippen molar-refractivity contribution in [2.75, 3.05) is 11.9 Å². The second kappa shape index (κ2) is 6.21. The monoisotopic (exact) mass is 378 g/mol. The number of anilines is 1. The molecule has 1 N–H and O–H groups in total. The van der Waals surface area contributed by atoms with Crippen LogP contribution in [0.1, 0.15) is 25.0 Å². The Morgan fingerprint density at radius 2 is 1.70 bits per heavy atom. The molecule has 0 saturated carbocycles. The Morgan fingerprint density at radius 3 is 2.41 bits per heavy atom. The van der Waals surface area contributed by atoms with E-state index in [1.54, 1.807) is 6.07 Å². The van der Waals surface area contributed by atoms with Gasteiger partial charge in [0.15, 0.2) is 0 Å². The summed E-state index contributed by atoms with van der Waals surface area (Å²) >= 11 is 6.33. The number of para-hydroxylation sites is 1. The minimum Gasteiger partial charge on any atom is -0.507 e. The molecule has 3 aromatic rings. The van der Waals surface area contributed by atoms with Crippen LogP contribution in [0.5, 0.6) is 5.75 Å². The molecular formula is C23H23ClN2O. The van der Waals surface area contributed by atoms with E-state index in [-0.39, 0.29) is 11.2 Å². The number of benzene rings is 2. The lowest BCUT2D eigenvalue weighted by Crippen LogP contribution is -2.54. The summed E-state index contributed by atoms with van der Waals surface area (Å²) in [5, 5.41) is 11.0. The molecule has 2 heterocycles. The highest BCUT2D eigenvalue weighted by molar-refractivity contribution is 6.30. The van der Waals surface area contributed by atoms with Gasteiger partial charge in [0, 0.05) is 41.1 Å². The zero-order chi connectivity index (χ0) is 19.2. The maximum Gasteiger partial charge on any atom is 0.145 e. The number of hydrogen-bond acceptors (Lipinski definition) is 2. The standard InChI is InChI=1S/C23H23ClN2O/c1-22(2)19-16-18(24)10-11-20(19)25(3)23(22,26-14-6-7-15-26)13-12-17-8-4-5-9-21(17)27/h4-16,27H,1-3H3. The van der Waals surface area contributed by atoms with Crippen molar-refractivity contribution >= 4 is 23.4 Å². The van der Waals surface area contributed by atoms with Crippen LogP contribution < -0.4 is 4.90 Å². The van der Waals surface area contributed by atoms with Gasteiger partial charge in [0.1, 0.15) is 11.4 Å². The van der Waals surface area contributed by atoms with E-state index < -0.39 is 5.66 Å². The van der Waals surface area contributed by atoms with E-state index in [4.69, 9.17) is 11.6 Å². The molecule has 0 saturated heterocycles. The zero-order valence-electron chi connectivity index (χ0n) is 15.7. The first-order valence-electron chi connectivity index (χ1n) is 9.02. The Labute approximate surface area is 165 Å². The number of nitrogens with zero attached hydrogens (tertiary/aromatic N) is 2. The predicted molar refractivity (Wildman–Crippen MR) is 112 cm³/mol. The molecule has 0 bridgehead atoms. The smallest absolute Gasteiger partial charge is 0.145 e. The van der Waals surface area contributed by atoms with Crippen molar-refractivity contribution in [3.05, 3.63) is 89.2 Å². The van der Waals surface area contributed by atoms with Crippen molar-refractivity contribution in [2.24, 2.45) is 0 Å². The largest absolute Gasteiger partial charge is 0.507 e. The Balaban J connectivity index is 1.95. The van der Waals surface area contributed by atoms with Gasteiger partial charge in [0.25, 0.3) is 0 Å². The number of hydrogen-bond donors (Lipinski definition) is 1. The minimum absolute atomic E-state index is 0.262. The van der Waals surface area contributed by atoms with Gasteiger partial charge in [-0.05, 0) is 48.0 Å². The van der Waals surface area contributed by atoms with Crippen LogP contribution in [-0.4, -0.2) is 16.7 Å². The fraction of sp³-hybridized carbons (Fsp3) is 0.217. The third kappa shape index (κ3) is 2.49. The maximum atomic E-state index is 10.2. The Morgan fingerprint density at radius 1 is 1.00 bits per heavy atom. The number of aromatic nitrogens is 1. The van der Waals surface area contributed by atoms with Gasteiger partial charge in [0.2, 0.25) is 0 Å². The van der Waals surface area contributed by atoms with Crippen LogP contribution in [0.3, 0.4) is 0 Å². The summed E-state index contributed by atoms with van der Waals surface area (Å²) in [4.78, 5) is 2.29. The summed E-state index contributed by atoms with van der Waals surface area (Å²) in [6, 6.07) is 17.5. The second-order valence-electron chi connectivity index (χ2n) is 7.55. The number of phenolic OH excluding ortho intramolecular Hbond substituents is 1. The first-order valence-corrected chi connectivity index (χ1v) is 9.40. The van der Waals surface area contributed by atoms with Gasteiger partial charge < -0.3 is 14.6 Å². The molecule has 3 nitrogen and oxygen atoms in total. The molecule has 0 radical (unpaired) electrons. The summed E-state index contributed by atoms with van der Waals surface area (Å²) < 4.78 is 2.22. The molecule has 1 aromatic heterocycles. The van der Waals surface area contributed by atoms with Gasteiger partial charge >= 0.3 is 0 Å². The van der Waals surface area contributed by atoms with E-state index in [9.17, 15) is 5.11 Å². The van der Waals surface area contributed by atoms with Gasteiger partial charge in [-0.15, -0.1) is 0 Å². The lowest BCUT2D eigenvalue weighted by molar-refractivity contribution is 0.238. The topological polar surface area (TPSA) is 28.4 Å². The van der Waals surface area contributed by atoms with Crippen LogP contribution in [0.2, 0.25) is 5.02 Å². The molecule has 0 aliphatic carbocycles. The number of rotatable bonds is 3. The molecule has 2 aromatic carbocycles. The highest BCUT2D eigenvalue weighted by Crippen LogP contribution is 2.55. The molecule has 27 heavy (non-hydrogen) atoms. The van der Waals surface area contributed by atoms with E-state index in [0.29, 0.717) is 0 Å². The van der Waals surface area contributed by atoms with Crippen LogP contribution in [0, 0.1) is 0 Å². The summed E-state index contributed by atoms with van der Waals surface area (Å²) in [6.45, 7) is 4.47. The van der Waals surface area contributed by atoms with E-state index >= 15 is 0 Å². The molecule has 0 fully saturated rings. The molecule has 0 amide bonds. The quantitative estimate of drug-likeness (QED) is 0.638. The first kappa shape index (κ1) is 17.7. The van der Waals surface area contributed by atoms with Gasteiger partial charge in [-0.1, -0.05) is 49.7 Å². The summed E-state index contributed by atoms with van der Waals surface area (Å²) in [7, 11) is 2.11. The molecule has 0 spiro atoms. The highest BCUT2D eigenvalue weighted by Gasteiger charge is 2.55. The van der Waals surface area contributed by atoms with Crippen molar-refractivity contribution < 1.29 is 5.11 Å². The molecule has 138 valence electrons. The van der Waals surface area contributed by atoms with Gasteiger partial charge in [-0.3, -0.25) is 0 Å². The average Bonchev–Trinajstić information content (AvgIpc) is 3.22. The van der Waals surface area contributed by atoms with Gasteiger partial charge in [-0.25, -0.2) is 0 Å². The molecule has 1 aliphatic heterocycles. The highest BCUT2D eigenvalue weighted by atomic mass is 35.5. The van der Waals surface area contributed by atoms with Crippen LogP contribution in [-0.2, 0) is 11.1 Å². The van der Waals surface area contributed by atoms with Crippen molar-refractivity contribution in [1.82, 2.24) is 4.57 Å². The van der Waals surface area contributed by atoms with Crippen molar-refractivity contribution in [2.45, 2.75) is 24.9 Å². The SMILES string of the molecule is CN1c2ccc(Cl)cc2C(C)(C)C1(C=Cc1ccccc1O)n1cccc1. The van der Waals surface area contributed by atoms with Gasteiger partial charge in [0.05, 0.1) is 0 Å². The number of fused-ring (bicyclic) bond motifs is 1. The number of halogens is 1. The fourth-order valence-electron chi connectivity index (χ4n) is 4.40. The van der Waals surface area contributed by atoms with Crippen LogP contribution >= 0.6 is 11.6 Å². The maximum absolute atomic E-state index is 10.2. The normalized spacial score (nSPS) is 21.0. The second-order valence-corrected chi connectivity index (χ2v) is 7.99. The Hall–Kier alpha value is -2.65. The molecule has 1 atom stereocenters. The summed E-state index contributed by atoms with van der Waals surface area (Å²) in [6.07, 6.45) is 8.35. The number of aromatic hydroxyl groups is 1. The molecule has 1 aliphatic rings. The summed E-state index contributed by atoms with van der Waals surface area (Å²) in [5.74, 6) is 0.274. The predicted octanol–water partition coefficient (Wildman–Crippen LogP) is 5.64. The third-order valence-corrected chi connectivity index (χ3v) is 6.09. The molecule has 1 unspecified atom stereocenters. The van der Waals surface area contributed by atoms with Crippen LogP contribution in [0.15, 0.2) is 73.1 Å². The van der Waals surface area contributed by atoms with Crippen LogP contribution in [0.4, 0.5) is 5.69 Å². The molecule has 4 rings (SSSR count). The summed E-state index contributed by atoms with van der Waals surface area (Å²) in [5.41, 5.74) is 2.41. The van der Waals surface area contributed by atoms with E-state index in [1.807, 2.05) is 42.5 Å². The van der Waals surface area contributed by atoms with Crippen LogP contribution in [0.25, 0.3) is 6.08 Å². The fourth-order valence-corrected chi connectivity index (χ4v) is 4.57. The number of likely N-dealkylation sites (N-methyl/N-ethyl adjacent to an activating group) is 1. The molecular weight excluding hydrogens is 356 g/mol. The van der Waals surface area contributed by atoms with E-state index in [1.165, 1.54) is 5.56 Å². The first-order chi connectivity index (χ1) is 12.9. The third-order valence-electron chi connectivity index (χ3n) is 5.85. The Bertz CT molecular complexity index is 1010. The van der Waals surface area contributed by atoms with Crippen molar-refractivity contribution in [3.63, 3.8) is 0 Å². The Kier molecular flexibility index (Phi) is 4.08.